The van der Waals surface area contributed by atoms with E-state index in [1.54, 1.807) is 0 Å². The molecule has 0 aliphatic heterocycles. The van der Waals surface area contributed by atoms with Crippen molar-refractivity contribution in [3.05, 3.63) is 0 Å². The minimum absolute atomic E-state index is 0.0117. The van der Waals surface area contributed by atoms with E-state index in [4.69, 9.17) is 9.05 Å². The summed E-state index contributed by atoms with van der Waals surface area (Å²) in [6, 6.07) is 0. The Hall–Kier alpha value is 0.539. The Morgan fingerprint density at radius 1 is 1.43 bits per heavy atom. The maximum absolute atomic E-state index is 11.6. The van der Waals surface area contributed by atoms with Gasteiger partial charge >= 0.3 is 92.7 Å². The molecule has 0 spiro atoms. The van der Waals surface area contributed by atoms with Crippen LogP contribution in [0.3, 0.4) is 0 Å². The van der Waals surface area contributed by atoms with Crippen LogP contribution in [0, 0.1) is 0 Å². The van der Waals surface area contributed by atoms with E-state index in [1.165, 1.54) is 0 Å². The van der Waals surface area contributed by atoms with Crippen LogP contribution in [0.2, 0.25) is 0 Å². The topological polar surface area (TPSA) is 35.5 Å². The van der Waals surface area contributed by atoms with Crippen molar-refractivity contribution in [2.24, 2.45) is 0 Å². The molecule has 0 bridgehead atoms. The van der Waals surface area contributed by atoms with Gasteiger partial charge in [0.2, 0.25) is 0 Å². The van der Waals surface area contributed by atoms with Crippen molar-refractivity contribution < 1.29 is 13.8 Å². The number of carbonyl (C=O) groups is 1. The normalized spacial score (nSPS) is 23.0. The third-order valence-electron chi connectivity index (χ3n) is 2.27. The fourth-order valence-electron chi connectivity index (χ4n) is 1.71. The number of hydrogen-bond acceptors (Lipinski definition) is 3. The molecule has 14 heavy (non-hydrogen) atoms. The summed E-state index contributed by atoms with van der Waals surface area (Å²) < 4.78 is 11.3. The zero-order valence-corrected chi connectivity index (χ0v) is 11.3. The van der Waals surface area contributed by atoms with Crippen LogP contribution in [0.25, 0.3) is 0 Å². The third kappa shape index (κ3) is 2.77. The first-order chi connectivity index (χ1) is 6.64. The standard InChI is InChI=1S/C9H17O3PSe/c1-3-11-13(14,12-4-2)9-7-5-6-8(9)10/h9H,3-7H2,1-2H3. The molecule has 1 saturated carbocycles. The molecule has 0 radical (unpaired) electrons. The molecule has 1 atom stereocenters. The zero-order chi connectivity index (χ0) is 10.6. The van der Waals surface area contributed by atoms with Crippen molar-refractivity contribution in [3.8, 4) is 0 Å². The van der Waals surface area contributed by atoms with Gasteiger partial charge in [0, 0.05) is 0 Å². The average Bonchev–Trinajstić information content (AvgIpc) is 2.52. The molecule has 5 heteroatoms. The van der Waals surface area contributed by atoms with Crippen molar-refractivity contribution in [3.63, 3.8) is 0 Å². The minimum atomic E-state index is -2.05. The summed E-state index contributed by atoms with van der Waals surface area (Å²) >= 11 is 3.01. The molecule has 1 aliphatic rings. The van der Waals surface area contributed by atoms with E-state index in [2.05, 4.69) is 15.1 Å². The Bertz CT molecular complexity index is 244. The van der Waals surface area contributed by atoms with Crippen LogP contribution in [0.15, 0.2) is 0 Å². The van der Waals surface area contributed by atoms with Crippen molar-refractivity contribution >= 4 is 26.8 Å². The van der Waals surface area contributed by atoms with Crippen LogP contribution in [-0.4, -0.2) is 39.8 Å². The number of rotatable bonds is 5. The molecule has 1 fully saturated rings. The van der Waals surface area contributed by atoms with Crippen LogP contribution in [0.1, 0.15) is 33.1 Å². The van der Waals surface area contributed by atoms with E-state index < -0.39 is 5.96 Å². The summed E-state index contributed by atoms with van der Waals surface area (Å²) in [6.45, 7) is 5.07. The number of Topliss-reactive ketones (excluding diaryl/α,β-unsaturated/α-hetero) is 1. The van der Waals surface area contributed by atoms with Crippen LogP contribution in [0.4, 0.5) is 0 Å². The second-order valence-electron chi connectivity index (χ2n) is 3.25. The molecule has 1 aliphatic carbocycles. The Morgan fingerprint density at radius 2 is 2.00 bits per heavy atom. The molecule has 0 heterocycles. The molecule has 0 aromatic carbocycles. The molecule has 1 rings (SSSR count). The van der Waals surface area contributed by atoms with Crippen molar-refractivity contribution in [2.75, 3.05) is 13.2 Å². The van der Waals surface area contributed by atoms with Crippen molar-refractivity contribution in [2.45, 2.75) is 38.8 Å². The molecule has 82 valence electrons. The van der Waals surface area contributed by atoms with Crippen LogP contribution in [0.5, 0.6) is 0 Å². The second kappa shape index (κ2) is 5.58. The average molecular weight is 283 g/mol. The SMILES string of the molecule is CCOP(=[Se])(OCC)C1CCCC1=O. The predicted octanol–water partition coefficient (Wildman–Crippen LogP) is 2.11. The van der Waals surface area contributed by atoms with Gasteiger partial charge in [-0.25, -0.2) is 0 Å². The Morgan fingerprint density at radius 3 is 2.36 bits per heavy atom. The van der Waals surface area contributed by atoms with Crippen LogP contribution in [-0.2, 0) is 13.8 Å². The summed E-state index contributed by atoms with van der Waals surface area (Å²) in [7, 11) is 0. The van der Waals surface area contributed by atoms with Gasteiger partial charge in [-0.1, -0.05) is 0 Å². The monoisotopic (exact) mass is 284 g/mol. The molecule has 0 amide bonds. The first-order valence-corrected chi connectivity index (χ1v) is 8.96. The van der Waals surface area contributed by atoms with Crippen molar-refractivity contribution in [1.29, 1.82) is 0 Å². The predicted molar refractivity (Wildman–Crippen MR) is 58.6 cm³/mol. The van der Waals surface area contributed by atoms with Crippen molar-refractivity contribution in [1.82, 2.24) is 0 Å². The maximum atomic E-state index is 11.6. The molecular weight excluding hydrogens is 266 g/mol. The summed E-state index contributed by atoms with van der Waals surface area (Å²) in [5, 5.41) is 0. The van der Waals surface area contributed by atoms with Crippen LogP contribution >= 0.6 is 5.96 Å². The molecule has 1 unspecified atom stereocenters. The Labute approximate surface area is 92.9 Å². The van der Waals surface area contributed by atoms with E-state index in [1.807, 2.05) is 13.8 Å². The number of carbonyl (C=O) groups excluding carboxylic acids is 1. The molecule has 0 aromatic rings. The second-order valence-corrected chi connectivity index (χ2v) is 8.67. The molecule has 0 saturated heterocycles. The summed E-state index contributed by atoms with van der Waals surface area (Å²) in [5.74, 6) is -1.74. The van der Waals surface area contributed by atoms with Gasteiger partial charge in [0.15, 0.2) is 0 Å². The molecule has 0 aromatic heterocycles. The fraction of sp³-hybridized carbons (Fsp3) is 0.889. The van der Waals surface area contributed by atoms with E-state index in [0.717, 1.165) is 12.8 Å². The van der Waals surface area contributed by atoms with Gasteiger partial charge in [-0.2, -0.15) is 0 Å². The van der Waals surface area contributed by atoms with Gasteiger partial charge in [-0.3, -0.25) is 0 Å². The van der Waals surface area contributed by atoms with Gasteiger partial charge in [0.05, 0.1) is 0 Å². The molecular formula is C9H17O3PSe. The first kappa shape index (κ1) is 12.6. The fourth-order valence-corrected chi connectivity index (χ4v) is 6.57. The summed E-state index contributed by atoms with van der Waals surface area (Å²) in [6.07, 6.45) is 2.58. The Kier molecular flexibility index (Phi) is 5.02. The first-order valence-electron chi connectivity index (χ1n) is 5.05. The third-order valence-corrected chi connectivity index (χ3v) is 7.75. The van der Waals surface area contributed by atoms with Gasteiger partial charge in [-0.05, 0) is 0 Å². The van der Waals surface area contributed by atoms with E-state index in [0.29, 0.717) is 25.4 Å². The van der Waals surface area contributed by atoms with E-state index in [9.17, 15) is 4.79 Å². The molecule has 0 N–H and O–H groups in total. The van der Waals surface area contributed by atoms with E-state index in [-0.39, 0.29) is 5.66 Å². The Balaban J connectivity index is 2.75. The summed E-state index contributed by atoms with van der Waals surface area (Å²) in [4.78, 5) is 11.6. The van der Waals surface area contributed by atoms with Crippen LogP contribution < -0.4 is 0 Å². The summed E-state index contributed by atoms with van der Waals surface area (Å²) in [5.41, 5.74) is -0.0117. The van der Waals surface area contributed by atoms with Gasteiger partial charge in [-0.15, -0.1) is 0 Å². The number of hydrogen-bond donors (Lipinski definition) is 0. The number of ketones is 1. The van der Waals surface area contributed by atoms with Gasteiger partial charge in [0.1, 0.15) is 0 Å². The quantitative estimate of drug-likeness (QED) is 0.572. The van der Waals surface area contributed by atoms with Gasteiger partial charge in [0.25, 0.3) is 0 Å². The molecule has 3 nitrogen and oxygen atoms in total. The van der Waals surface area contributed by atoms with Gasteiger partial charge < -0.3 is 0 Å². The zero-order valence-electron chi connectivity index (χ0n) is 8.69. The van der Waals surface area contributed by atoms with E-state index >= 15 is 0 Å².